The number of nitrogens with zero attached hydrogens (tertiary/aromatic N) is 1. The standard InChI is InChI=1S/C25H20ClN3O3/c1-17-6-10-20(11-7-17)28-25(31)19(15-27)14-18-8-12-21(13-9-18)32-16-24(30)29-23-5-3-2-4-22(23)26/h2-14H,16H2,1H3,(H,28,31)(H,29,30)/b19-14+. The average molecular weight is 446 g/mol. The number of hydrogen-bond acceptors (Lipinski definition) is 4. The molecule has 0 aromatic heterocycles. The molecule has 0 atom stereocenters. The molecule has 0 aliphatic rings. The van der Waals surface area contributed by atoms with Crippen molar-refractivity contribution in [3.05, 3.63) is 94.5 Å². The third kappa shape index (κ3) is 6.46. The lowest BCUT2D eigenvalue weighted by molar-refractivity contribution is -0.118. The van der Waals surface area contributed by atoms with Gasteiger partial charge in [0.2, 0.25) is 0 Å². The van der Waals surface area contributed by atoms with Crippen LogP contribution in [0.5, 0.6) is 5.75 Å². The van der Waals surface area contributed by atoms with Gasteiger partial charge in [-0.05, 0) is 55.0 Å². The normalized spacial score (nSPS) is 10.7. The van der Waals surface area contributed by atoms with E-state index in [4.69, 9.17) is 16.3 Å². The van der Waals surface area contributed by atoms with Crippen LogP contribution in [0.25, 0.3) is 6.08 Å². The van der Waals surface area contributed by atoms with Crippen molar-refractivity contribution in [2.24, 2.45) is 0 Å². The molecule has 0 saturated heterocycles. The second-order valence-electron chi connectivity index (χ2n) is 6.88. The van der Waals surface area contributed by atoms with Gasteiger partial charge in [-0.1, -0.05) is 53.6 Å². The first-order chi connectivity index (χ1) is 15.4. The minimum atomic E-state index is -0.493. The SMILES string of the molecule is Cc1ccc(NC(=O)/C(C#N)=C/c2ccc(OCC(=O)Nc3ccccc3Cl)cc2)cc1. The maximum absolute atomic E-state index is 12.4. The molecular formula is C25H20ClN3O3. The molecule has 0 aliphatic heterocycles. The van der Waals surface area contributed by atoms with Crippen LogP contribution in [0.15, 0.2) is 78.4 Å². The summed E-state index contributed by atoms with van der Waals surface area (Å²) >= 11 is 6.02. The van der Waals surface area contributed by atoms with E-state index in [1.54, 1.807) is 60.7 Å². The van der Waals surface area contributed by atoms with Crippen molar-refractivity contribution in [2.45, 2.75) is 6.92 Å². The van der Waals surface area contributed by atoms with Crippen molar-refractivity contribution in [2.75, 3.05) is 17.2 Å². The molecule has 160 valence electrons. The molecule has 2 N–H and O–H groups in total. The number of amides is 2. The average Bonchev–Trinajstić information content (AvgIpc) is 2.80. The number of nitriles is 1. The fourth-order valence-electron chi connectivity index (χ4n) is 2.71. The van der Waals surface area contributed by atoms with E-state index in [0.717, 1.165) is 5.56 Å². The second kappa shape index (κ2) is 10.8. The molecular weight excluding hydrogens is 426 g/mol. The first-order valence-electron chi connectivity index (χ1n) is 9.71. The van der Waals surface area contributed by atoms with Crippen molar-refractivity contribution in [3.8, 4) is 11.8 Å². The summed E-state index contributed by atoms with van der Waals surface area (Å²) in [6, 6.07) is 22.8. The summed E-state index contributed by atoms with van der Waals surface area (Å²) in [7, 11) is 0. The Kier molecular flexibility index (Phi) is 7.63. The molecule has 0 aliphatic carbocycles. The van der Waals surface area contributed by atoms with Crippen LogP contribution in [0.4, 0.5) is 11.4 Å². The lowest BCUT2D eigenvalue weighted by Crippen LogP contribution is -2.20. The highest BCUT2D eigenvalue weighted by atomic mass is 35.5. The molecule has 2 amide bonds. The second-order valence-corrected chi connectivity index (χ2v) is 7.28. The first-order valence-corrected chi connectivity index (χ1v) is 10.1. The monoisotopic (exact) mass is 445 g/mol. The Hall–Kier alpha value is -4.08. The van der Waals surface area contributed by atoms with E-state index in [2.05, 4.69) is 10.6 Å². The van der Waals surface area contributed by atoms with Crippen molar-refractivity contribution in [1.29, 1.82) is 5.26 Å². The zero-order chi connectivity index (χ0) is 22.9. The highest BCUT2D eigenvalue weighted by Gasteiger charge is 2.10. The van der Waals surface area contributed by atoms with Crippen molar-refractivity contribution in [3.63, 3.8) is 0 Å². The number of carbonyl (C=O) groups is 2. The van der Waals surface area contributed by atoms with Crippen LogP contribution >= 0.6 is 11.6 Å². The number of aryl methyl sites for hydroxylation is 1. The number of rotatable bonds is 7. The molecule has 7 heteroatoms. The molecule has 0 spiro atoms. The number of hydrogen-bond donors (Lipinski definition) is 2. The minimum Gasteiger partial charge on any atom is -0.484 e. The van der Waals surface area contributed by atoms with Gasteiger partial charge in [-0.25, -0.2) is 0 Å². The van der Waals surface area contributed by atoms with E-state index < -0.39 is 5.91 Å². The first kappa shape index (κ1) is 22.6. The quantitative estimate of drug-likeness (QED) is 0.385. The van der Waals surface area contributed by atoms with Crippen molar-refractivity contribution in [1.82, 2.24) is 0 Å². The summed E-state index contributed by atoms with van der Waals surface area (Å²) in [6.45, 7) is 1.76. The van der Waals surface area contributed by atoms with E-state index in [1.165, 1.54) is 6.08 Å². The third-order valence-electron chi connectivity index (χ3n) is 4.38. The summed E-state index contributed by atoms with van der Waals surface area (Å²) in [5, 5.41) is 15.2. The Morgan fingerprint density at radius 3 is 2.34 bits per heavy atom. The van der Waals surface area contributed by atoms with Crippen LogP contribution < -0.4 is 15.4 Å². The lowest BCUT2D eigenvalue weighted by Gasteiger charge is -2.09. The lowest BCUT2D eigenvalue weighted by atomic mass is 10.1. The van der Waals surface area contributed by atoms with Crippen molar-refractivity contribution < 1.29 is 14.3 Å². The van der Waals surface area contributed by atoms with Crippen LogP contribution in [0.2, 0.25) is 5.02 Å². The van der Waals surface area contributed by atoms with Gasteiger partial charge in [0.05, 0.1) is 10.7 Å². The molecule has 0 heterocycles. The number of carbonyl (C=O) groups excluding carboxylic acids is 2. The summed E-state index contributed by atoms with van der Waals surface area (Å²) in [5.74, 6) is -0.367. The fraction of sp³-hybridized carbons (Fsp3) is 0.0800. The van der Waals surface area contributed by atoms with Gasteiger partial charge < -0.3 is 15.4 Å². The molecule has 3 rings (SSSR count). The maximum Gasteiger partial charge on any atom is 0.266 e. The van der Waals surface area contributed by atoms with E-state index in [-0.39, 0.29) is 18.1 Å². The van der Waals surface area contributed by atoms with E-state index in [1.807, 2.05) is 25.1 Å². The molecule has 0 saturated carbocycles. The van der Waals surface area contributed by atoms with Crippen molar-refractivity contribution >= 4 is 40.9 Å². The zero-order valence-corrected chi connectivity index (χ0v) is 18.0. The zero-order valence-electron chi connectivity index (χ0n) is 17.3. The van der Waals surface area contributed by atoms with Gasteiger partial charge in [-0.3, -0.25) is 9.59 Å². The van der Waals surface area contributed by atoms with Crippen LogP contribution in [0.1, 0.15) is 11.1 Å². The molecule has 6 nitrogen and oxygen atoms in total. The molecule has 32 heavy (non-hydrogen) atoms. The van der Waals surface area contributed by atoms with Crippen LogP contribution in [0.3, 0.4) is 0 Å². The Labute approximate surface area is 191 Å². The summed E-state index contributed by atoms with van der Waals surface area (Å²) < 4.78 is 5.48. The van der Waals surface area contributed by atoms with E-state index in [0.29, 0.717) is 27.7 Å². The van der Waals surface area contributed by atoms with Gasteiger partial charge >= 0.3 is 0 Å². The van der Waals surface area contributed by atoms with Crippen LogP contribution in [0, 0.1) is 18.3 Å². The predicted octanol–water partition coefficient (Wildman–Crippen LogP) is 5.21. The highest BCUT2D eigenvalue weighted by Crippen LogP contribution is 2.20. The summed E-state index contributed by atoms with van der Waals surface area (Å²) in [5.41, 5.74) is 2.81. The van der Waals surface area contributed by atoms with Crippen LogP contribution in [-0.4, -0.2) is 18.4 Å². The van der Waals surface area contributed by atoms with Gasteiger partial charge in [0.1, 0.15) is 17.4 Å². The minimum absolute atomic E-state index is 0.0293. The number of para-hydroxylation sites is 1. The number of halogens is 1. The summed E-state index contributed by atoms with van der Waals surface area (Å²) in [6.07, 6.45) is 1.48. The fourth-order valence-corrected chi connectivity index (χ4v) is 2.89. The highest BCUT2D eigenvalue weighted by molar-refractivity contribution is 6.33. The number of benzene rings is 3. The van der Waals surface area contributed by atoms with Crippen LogP contribution in [-0.2, 0) is 9.59 Å². The van der Waals surface area contributed by atoms with Gasteiger partial charge in [0.25, 0.3) is 11.8 Å². The molecule has 0 bridgehead atoms. The van der Waals surface area contributed by atoms with E-state index >= 15 is 0 Å². The van der Waals surface area contributed by atoms with Gasteiger partial charge in [-0.15, -0.1) is 0 Å². The Morgan fingerprint density at radius 1 is 1.00 bits per heavy atom. The molecule has 0 fully saturated rings. The third-order valence-corrected chi connectivity index (χ3v) is 4.71. The van der Waals surface area contributed by atoms with Gasteiger partial charge in [0.15, 0.2) is 6.61 Å². The molecule has 0 unspecified atom stereocenters. The predicted molar refractivity (Wildman–Crippen MR) is 125 cm³/mol. The molecule has 3 aromatic carbocycles. The van der Waals surface area contributed by atoms with E-state index in [9.17, 15) is 14.9 Å². The van der Waals surface area contributed by atoms with Gasteiger partial charge in [-0.2, -0.15) is 5.26 Å². The maximum atomic E-state index is 12.4. The number of nitrogens with one attached hydrogen (secondary N) is 2. The topological polar surface area (TPSA) is 91.2 Å². The van der Waals surface area contributed by atoms with Gasteiger partial charge in [0, 0.05) is 5.69 Å². The Morgan fingerprint density at radius 2 is 1.69 bits per heavy atom. The summed E-state index contributed by atoms with van der Waals surface area (Å²) in [4.78, 5) is 24.4. The molecule has 3 aromatic rings. The number of ether oxygens (including phenoxy) is 1. The largest absolute Gasteiger partial charge is 0.484 e. The smallest absolute Gasteiger partial charge is 0.266 e. The Balaban J connectivity index is 1.57. The Bertz CT molecular complexity index is 1180. The molecule has 0 radical (unpaired) electrons. The number of anilines is 2.